The van der Waals surface area contributed by atoms with Crippen molar-refractivity contribution in [3.63, 3.8) is 0 Å². The lowest BCUT2D eigenvalue weighted by molar-refractivity contribution is 0.0993. The van der Waals surface area contributed by atoms with Gasteiger partial charge in [-0.05, 0) is 53.8 Å². The highest BCUT2D eigenvalue weighted by Gasteiger charge is 2.27. The van der Waals surface area contributed by atoms with Crippen molar-refractivity contribution in [1.82, 2.24) is 0 Å². The number of sulfonamides is 1. The number of nitrogens with zero attached hydrogens (tertiary/aromatic N) is 1. The van der Waals surface area contributed by atoms with Crippen LogP contribution in [-0.4, -0.2) is 20.9 Å². The Morgan fingerprint density at radius 3 is 2.64 bits per heavy atom. The molecule has 9 heteroatoms. The van der Waals surface area contributed by atoms with E-state index < -0.39 is 26.6 Å². The van der Waals surface area contributed by atoms with Crippen LogP contribution in [0, 0.1) is 11.6 Å². The summed E-state index contributed by atoms with van der Waals surface area (Å²) >= 11 is 1.36. The second-order valence-electron chi connectivity index (χ2n) is 6.21. The number of benzene rings is 2. The largest absolute Gasteiger partial charge is 0.307 e. The van der Waals surface area contributed by atoms with Gasteiger partial charge in [0.15, 0.2) is 0 Å². The lowest BCUT2D eigenvalue weighted by Gasteiger charge is -2.17. The number of fused-ring (bicyclic) bond motifs is 1. The molecule has 5 nitrogen and oxygen atoms in total. The summed E-state index contributed by atoms with van der Waals surface area (Å²) in [6.07, 6.45) is 0.576. The zero-order chi connectivity index (χ0) is 19.9. The summed E-state index contributed by atoms with van der Waals surface area (Å²) in [6.45, 7) is 0.495. The van der Waals surface area contributed by atoms with Gasteiger partial charge < -0.3 is 4.90 Å². The molecule has 2 heterocycles. The number of carbonyl (C=O) groups excluding carboxylic acids is 1. The van der Waals surface area contributed by atoms with Crippen LogP contribution < -0.4 is 9.62 Å². The average molecular weight is 420 g/mol. The molecule has 144 valence electrons. The van der Waals surface area contributed by atoms with E-state index in [1.807, 2.05) is 5.38 Å². The van der Waals surface area contributed by atoms with Gasteiger partial charge in [-0.2, -0.15) is 0 Å². The van der Waals surface area contributed by atoms with Crippen molar-refractivity contribution < 1.29 is 22.0 Å². The van der Waals surface area contributed by atoms with Crippen LogP contribution in [-0.2, 0) is 16.4 Å². The molecule has 1 aromatic heterocycles. The number of carbonyl (C=O) groups is 1. The normalized spacial score (nSPS) is 13.4. The van der Waals surface area contributed by atoms with Gasteiger partial charge in [-0.15, -0.1) is 11.3 Å². The number of nitrogens with one attached hydrogen (secondary N) is 1. The highest BCUT2D eigenvalue weighted by atomic mass is 32.2. The summed E-state index contributed by atoms with van der Waals surface area (Å²) in [4.78, 5) is 14.2. The van der Waals surface area contributed by atoms with Crippen molar-refractivity contribution in [2.75, 3.05) is 16.2 Å². The second-order valence-corrected chi connectivity index (χ2v) is 8.81. The molecule has 0 radical (unpaired) electrons. The summed E-state index contributed by atoms with van der Waals surface area (Å²) < 4.78 is 54.0. The Hall–Kier alpha value is -2.78. The van der Waals surface area contributed by atoms with Crippen LogP contribution in [0.5, 0.6) is 0 Å². The van der Waals surface area contributed by atoms with Gasteiger partial charge >= 0.3 is 0 Å². The lowest BCUT2D eigenvalue weighted by Crippen LogP contribution is -2.28. The molecule has 0 aliphatic carbocycles. The monoisotopic (exact) mass is 420 g/mol. The van der Waals surface area contributed by atoms with Crippen molar-refractivity contribution in [2.24, 2.45) is 0 Å². The summed E-state index contributed by atoms with van der Waals surface area (Å²) in [5, 5.41) is 1.83. The van der Waals surface area contributed by atoms with Gasteiger partial charge in [0.05, 0.1) is 4.88 Å². The maximum atomic E-state index is 13.8. The number of rotatable bonds is 4. The van der Waals surface area contributed by atoms with Crippen LogP contribution in [0.4, 0.5) is 20.2 Å². The van der Waals surface area contributed by atoms with Crippen LogP contribution in [0.3, 0.4) is 0 Å². The topological polar surface area (TPSA) is 66.5 Å². The predicted molar refractivity (Wildman–Crippen MR) is 103 cm³/mol. The fraction of sp³-hybridized carbons (Fsp3) is 0.105. The van der Waals surface area contributed by atoms with Gasteiger partial charge in [-0.1, -0.05) is 6.07 Å². The molecule has 0 unspecified atom stereocenters. The van der Waals surface area contributed by atoms with Gasteiger partial charge in [0.25, 0.3) is 15.9 Å². The van der Waals surface area contributed by atoms with E-state index in [2.05, 4.69) is 4.72 Å². The molecule has 0 spiro atoms. The van der Waals surface area contributed by atoms with Crippen molar-refractivity contribution in [1.29, 1.82) is 0 Å². The summed E-state index contributed by atoms with van der Waals surface area (Å²) in [6, 6.07) is 10.6. The first-order valence-corrected chi connectivity index (χ1v) is 10.7. The van der Waals surface area contributed by atoms with E-state index in [1.54, 1.807) is 29.2 Å². The van der Waals surface area contributed by atoms with E-state index in [0.717, 1.165) is 17.7 Å². The van der Waals surface area contributed by atoms with Crippen molar-refractivity contribution in [3.8, 4) is 0 Å². The smallest absolute Gasteiger partial charge is 0.268 e. The SMILES string of the molecule is O=C(c1cccs1)N1CCc2cc(NS(=O)(=O)c3ccc(F)cc3F)ccc21. The van der Waals surface area contributed by atoms with E-state index in [4.69, 9.17) is 0 Å². The Bertz CT molecular complexity index is 1160. The highest BCUT2D eigenvalue weighted by molar-refractivity contribution is 7.92. The molecule has 1 N–H and O–H groups in total. The fourth-order valence-electron chi connectivity index (χ4n) is 3.11. The lowest BCUT2D eigenvalue weighted by atomic mass is 10.1. The second kappa shape index (κ2) is 6.99. The first-order chi connectivity index (χ1) is 13.3. The Kier molecular flexibility index (Phi) is 4.64. The number of halogens is 2. The van der Waals surface area contributed by atoms with Crippen LogP contribution in [0.25, 0.3) is 0 Å². The molecule has 2 aromatic carbocycles. The van der Waals surface area contributed by atoms with Crippen molar-refractivity contribution in [3.05, 3.63) is 76.0 Å². The molecule has 1 aliphatic heterocycles. The van der Waals surface area contributed by atoms with E-state index in [1.165, 1.54) is 17.4 Å². The number of hydrogen-bond donors (Lipinski definition) is 1. The number of thiophene rings is 1. The van der Waals surface area contributed by atoms with E-state index in [0.29, 0.717) is 29.6 Å². The number of amides is 1. The fourth-order valence-corrected chi connectivity index (χ4v) is 4.89. The van der Waals surface area contributed by atoms with Gasteiger partial charge in [-0.3, -0.25) is 9.52 Å². The number of anilines is 2. The van der Waals surface area contributed by atoms with Crippen LogP contribution in [0.1, 0.15) is 15.2 Å². The molecule has 28 heavy (non-hydrogen) atoms. The Balaban J connectivity index is 1.59. The van der Waals surface area contributed by atoms with Crippen LogP contribution >= 0.6 is 11.3 Å². The Labute approximate surface area is 164 Å². The molecule has 4 rings (SSSR count). The average Bonchev–Trinajstić information content (AvgIpc) is 3.30. The Morgan fingerprint density at radius 1 is 1.11 bits per heavy atom. The Morgan fingerprint density at radius 2 is 1.93 bits per heavy atom. The third-order valence-electron chi connectivity index (χ3n) is 4.39. The molecule has 0 atom stereocenters. The third kappa shape index (κ3) is 3.38. The molecule has 1 aliphatic rings. The number of hydrogen-bond acceptors (Lipinski definition) is 4. The maximum absolute atomic E-state index is 13.8. The minimum atomic E-state index is -4.21. The minimum absolute atomic E-state index is 0.101. The van der Waals surface area contributed by atoms with Crippen LogP contribution in [0.2, 0.25) is 0 Å². The van der Waals surface area contributed by atoms with E-state index in [-0.39, 0.29) is 11.6 Å². The van der Waals surface area contributed by atoms with E-state index >= 15 is 0 Å². The van der Waals surface area contributed by atoms with Gasteiger partial charge in [0.2, 0.25) is 0 Å². The first kappa shape index (κ1) is 18.6. The summed E-state index contributed by atoms with van der Waals surface area (Å²) in [5.41, 5.74) is 1.77. The molecule has 0 fully saturated rings. The summed E-state index contributed by atoms with van der Waals surface area (Å²) in [7, 11) is -4.21. The zero-order valence-corrected chi connectivity index (χ0v) is 16.0. The van der Waals surface area contributed by atoms with Gasteiger partial charge in [-0.25, -0.2) is 17.2 Å². The molecule has 0 bridgehead atoms. The first-order valence-electron chi connectivity index (χ1n) is 8.31. The standard InChI is InChI=1S/C19H14F2N2O3S2/c20-13-3-6-18(15(21)11-13)28(25,26)22-14-4-5-16-12(10-14)7-8-23(16)19(24)17-2-1-9-27-17/h1-6,9-11,22H,7-8H2. The third-order valence-corrected chi connectivity index (χ3v) is 6.66. The molecule has 1 amide bonds. The zero-order valence-electron chi connectivity index (χ0n) is 14.4. The van der Waals surface area contributed by atoms with Gasteiger partial charge in [0.1, 0.15) is 16.5 Å². The van der Waals surface area contributed by atoms with Crippen molar-refractivity contribution in [2.45, 2.75) is 11.3 Å². The van der Waals surface area contributed by atoms with E-state index in [9.17, 15) is 22.0 Å². The van der Waals surface area contributed by atoms with Crippen LogP contribution in [0.15, 0.2) is 58.8 Å². The van der Waals surface area contributed by atoms with Crippen molar-refractivity contribution >= 4 is 38.6 Å². The molecule has 0 saturated heterocycles. The summed E-state index contributed by atoms with van der Waals surface area (Å²) in [5.74, 6) is -2.12. The quantitative estimate of drug-likeness (QED) is 0.693. The predicted octanol–water partition coefficient (Wildman–Crippen LogP) is 4.03. The maximum Gasteiger partial charge on any atom is 0.268 e. The molecule has 0 saturated carbocycles. The molecule has 3 aromatic rings. The highest BCUT2D eigenvalue weighted by Crippen LogP contribution is 2.33. The minimum Gasteiger partial charge on any atom is -0.307 e. The molecular weight excluding hydrogens is 406 g/mol. The van der Waals surface area contributed by atoms with Gasteiger partial charge in [0, 0.05) is 24.0 Å². The molecular formula is C19H14F2N2O3S2.